The minimum Gasteiger partial charge on any atom is -0.508 e. The summed E-state index contributed by atoms with van der Waals surface area (Å²) in [5.41, 5.74) is 9.54. The molecule has 3 amide bonds. The first-order valence-corrected chi connectivity index (χ1v) is 12.5. The number of carbonyl (C=O) groups is 2. The highest BCUT2D eigenvalue weighted by Crippen LogP contribution is 2.21. The minimum atomic E-state index is -0.906. The fourth-order valence-electron chi connectivity index (χ4n) is 4.22. The third kappa shape index (κ3) is 7.69. The van der Waals surface area contributed by atoms with E-state index in [4.69, 9.17) is 11.1 Å². The number of carbonyl (C=O) groups excluding carboxylic acids is 2. The molecule has 4 aromatic rings. The second-order valence-electron chi connectivity index (χ2n) is 9.13. The minimum absolute atomic E-state index is 0.0792. The smallest absolute Gasteiger partial charge is 0.316 e. The molecule has 0 aromatic heterocycles. The van der Waals surface area contributed by atoms with Crippen LogP contribution in [-0.4, -0.2) is 28.9 Å². The topological polar surface area (TPSA) is 140 Å². The number of hydrogen-bond acceptors (Lipinski definition) is 4. The summed E-state index contributed by atoms with van der Waals surface area (Å²) in [4.78, 5) is 26.6. The van der Waals surface area contributed by atoms with Gasteiger partial charge in [-0.25, -0.2) is 4.79 Å². The molecule has 0 radical (unpaired) electrons. The second kappa shape index (κ2) is 12.9. The molecule has 39 heavy (non-hydrogen) atoms. The third-order valence-corrected chi connectivity index (χ3v) is 6.24. The van der Waals surface area contributed by atoms with Crippen molar-refractivity contribution in [2.24, 2.45) is 5.73 Å². The van der Waals surface area contributed by atoms with Crippen molar-refractivity contribution in [2.45, 2.75) is 25.0 Å². The number of urea groups is 1. The van der Waals surface area contributed by atoms with Gasteiger partial charge in [-0.15, -0.1) is 0 Å². The van der Waals surface area contributed by atoms with E-state index in [2.05, 4.69) is 16.0 Å². The summed E-state index contributed by atoms with van der Waals surface area (Å²) < 4.78 is 0. The Hall–Kier alpha value is -5.11. The van der Waals surface area contributed by atoms with Crippen LogP contribution in [-0.2, 0) is 17.8 Å². The van der Waals surface area contributed by atoms with Gasteiger partial charge in [0.1, 0.15) is 17.6 Å². The molecule has 0 fully saturated rings. The molecule has 8 nitrogen and oxygen atoms in total. The standard InChI is InChI=1S/C31H31N5O3/c32-29(33)25-13-7-8-22(18-25)19-27(30(38)34-20-21-14-16-26(37)17-15-21)35-31(39)36-28(23-9-3-1-4-10-23)24-11-5-2-6-12-24/h1-18,27-28,37H,19-20H2,(H3,32,33)(H,34,38)(H2,35,36,39). The molecule has 0 heterocycles. The molecule has 0 aliphatic carbocycles. The van der Waals surface area contributed by atoms with E-state index in [1.165, 1.54) is 0 Å². The Kier molecular flexibility index (Phi) is 8.92. The lowest BCUT2D eigenvalue weighted by atomic mass is 9.99. The quantitative estimate of drug-likeness (QED) is 0.139. The lowest BCUT2D eigenvalue weighted by Gasteiger charge is -2.23. The number of hydrogen-bond donors (Lipinski definition) is 6. The van der Waals surface area contributed by atoms with E-state index in [9.17, 15) is 14.7 Å². The van der Waals surface area contributed by atoms with Gasteiger partial charge in [0.25, 0.3) is 0 Å². The molecule has 0 saturated carbocycles. The zero-order chi connectivity index (χ0) is 27.6. The molecule has 198 valence electrons. The number of phenolic OH excluding ortho intramolecular Hbond substituents is 1. The molecular formula is C31H31N5O3. The first kappa shape index (κ1) is 26.9. The van der Waals surface area contributed by atoms with E-state index in [1.807, 2.05) is 66.7 Å². The Balaban J connectivity index is 1.53. The number of benzene rings is 4. The molecule has 8 heteroatoms. The van der Waals surface area contributed by atoms with Crippen LogP contribution in [0.15, 0.2) is 109 Å². The van der Waals surface area contributed by atoms with Gasteiger partial charge in [0, 0.05) is 18.5 Å². The molecule has 0 saturated heterocycles. The zero-order valence-corrected chi connectivity index (χ0v) is 21.3. The highest BCUT2D eigenvalue weighted by molar-refractivity contribution is 5.95. The van der Waals surface area contributed by atoms with Gasteiger partial charge in [-0.3, -0.25) is 10.2 Å². The van der Waals surface area contributed by atoms with Gasteiger partial charge in [-0.2, -0.15) is 0 Å². The Morgan fingerprint density at radius 2 is 1.38 bits per heavy atom. The van der Waals surface area contributed by atoms with E-state index >= 15 is 0 Å². The number of phenols is 1. The summed E-state index contributed by atoms with van der Waals surface area (Å²) in [6.07, 6.45) is 0.192. The fraction of sp³-hybridized carbons (Fsp3) is 0.129. The number of aromatic hydroxyl groups is 1. The number of nitrogen functional groups attached to an aromatic ring is 1. The lowest BCUT2D eigenvalue weighted by molar-refractivity contribution is -0.123. The van der Waals surface area contributed by atoms with Gasteiger partial charge in [0.15, 0.2) is 0 Å². The van der Waals surface area contributed by atoms with Crippen LogP contribution in [0.2, 0.25) is 0 Å². The lowest BCUT2D eigenvalue weighted by Crippen LogP contribution is -2.51. The van der Waals surface area contributed by atoms with Crippen LogP contribution in [0.4, 0.5) is 4.79 Å². The summed E-state index contributed by atoms with van der Waals surface area (Å²) in [6, 6.07) is 30.9. The maximum Gasteiger partial charge on any atom is 0.316 e. The molecule has 0 bridgehead atoms. The van der Waals surface area contributed by atoms with Crippen molar-refractivity contribution in [1.82, 2.24) is 16.0 Å². The third-order valence-electron chi connectivity index (χ3n) is 6.24. The molecule has 0 aliphatic rings. The van der Waals surface area contributed by atoms with Gasteiger partial charge in [-0.1, -0.05) is 91.0 Å². The summed E-state index contributed by atoms with van der Waals surface area (Å²) in [6.45, 7) is 0.225. The second-order valence-corrected chi connectivity index (χ2v) is 9.13. The number of amides is 3. The van der Waals surface area contributed by atoms with Crippen LogP contribution in [0, 0.1) is 5.41 Å². The molecule has 1 atom stereocenters. The zero-order valence-electron chi connectivity index (χ0n) is 21.3. The number of nitrogens with two attached hydrogens (primary N) is 1. The number of nitrogens with one attached hydrogen (secondary N) is 4. The van der Waals surface area contributed by atoms with E-state index in [1.54, 1.807) is 42.5 Å². The van der Waals surface area contributed by atoms with Gasteiger partial charge < -0.3 is 26.8 Å². The maximum atomic E-state index is 13.3. The molecular weight excluding hydrogens is 490 g/mol. The average Bonchev–Trinajstić information content (AvgIpc) is 2.96. The highest BCUT2D eigenvalue weighted by atomic mass is 16.3. The van der Waals surface area contributed by atoms with Crippen molar-refractivity contribution in [3.05, 3.63) is 137 Å². The Morgan fingerprint density at radius 1 is 0.769 bits per heavy atom. The maximum absolute atomic E-state index is 13.3. The normalized spacial score (nSPS) is 11.4. The van der Waals surface area contributed by atoms with Crippen molar-refractivity contribution in [2.75, 3.05) is 0 Å². The van der Waals surface area contributed by atoms with Gasteiger partial charge in [0.2, 0.25) is 5.91 Å². The van der Waals surface area contributed by atoms with Crippen molar-refractivity contribution >= 4 is 17.8 Å². The first-order valence-electron chi connectivity index (χ1n) is 12.5. The number of amidine groups is 1. The summed E-state index contributed by atoms with van der Waals surface area (Å²) >= 11 is 0. The van der Waals surface area contributed by atoms with Crippen molar-refractivity contribution < 1.29 is 14.7 Å². The molecule has 0 aliphatic heterocycles. The van der Waals surface area contributed by atoms with E-state index in [-0.39, 0.29) is 30.5 Å². The molecule has 4 aromatic carbocycles. The highest BCUT2D eigenvalue weighted by Gasteiger charge is 2.24. The van der Waals surface area contributed by atoms with E-state index < -0.39 is 18.1 Å². The average molecular weight is 522 g/mol. The predicted molar refractivity (Wildman–Crippen MR) is 151 cm³/mol. The first-order chi connectivity index (χ1) is 18.9. The van der Waals surface area contributed by atoms with Crippen molar-refractivity contribution in [3.63, 3.8) is 0 Å². The Bertz CT molecular complexity index is 1370. The van der Waals surface area contributed by atoms with Crippen molar-refractivity contribution in [1.29, 1.82) is 5.41 Å². The predicted octanol–water partition coefficient (Wildman–Crippen LogP) is 3.99. The van der Waals surface area contributed by atoms with Crippen LogP contribution in [0.25, 0.3) is 0 Å². The Morgan fingerprint density at radius 3 is 1.97 bits per heavy atom. The molecule has 0 spiro atoms. The van der Waals surface area contributed by atoms with Crippen LogP contribution in [0.1, 0.15) is 33.9 Å². The molecule has 1 unspecified atom stereocenters. The van der Waals surface area contributed by atoms with Gasteiger partial charge in [0.05, 0.1) is 6.04 Å². The Labute approximate surface area is 227 Å². The van der Waals surface area contributed by atoms with E-state index in [0.29, 0.717) is 5.56 Å². The van der Waals surface area contributed by atoms with Crippen molar-refractivity contribution in [3.8, 4) is 5.75 Å². The molecule has 7 N–H and O–H groups in total. The van der Waals surface area contributed by atoms with Crippen LogP contribution < -0.4 is 21.7 Å². The largest absolute Gasteiger partial charge is 0.508 e. The van der Waals surface area contributed by atoms with Crippen LogP contribution in [0.5, 0.6) is 5.75 Å². The van der Waals surface area contributed by atoms with Crippen LogP contribution >= 0.6 is 0 Å². The van der Waals surface area contributed by atoms with Gasteiger partial charge in [-0.05, 0) is 40.5 Å². The number of rotatable bonds is 10. The summed E-state index contributed by atoms with van der Waals surface area (Å²) in [7, 11) is 0. The van der Waals surface area contributed by atoms with E-state index in [0.717, 1.165) is 22.3 Å². The fourth-order valence-corrected chi connectivity index (χ4v) is 4.22. The monoisotopic (exact) mass is 521 g/mol. The molecule has 4 rings (SSSR count). The summed E-state index contributed by atoms with van der Waals surface area (Å²) in [5, 5.41) is 26.0. The van der Waals surface area contributed by atoms with Crippen LogP contribution in [0.3, 0.4) is 0 Å². The SMILES string of the molecule is N=C(N)c1cccc(CC(NC(=O)NC(c2ccccc2)c2ccccc2)C(=O)NCc2ccc(O)cc2)c1. The van der Waals surface area contributed by atoms with Gasteiger partial charge >= 0.3 is 6.03 Å². The summed E-state index contributed by atoms with van der Waals surface area (Å²) in [5.74, 6) is -0.315.